The van der Waals surface area contributed by atoms with Crippen LogP contribution in [-0.4, -0.2) is 49.5 Å². The van der Waals surface area contributed by atoms with Crippen LogP contribution in [0.3, 0.4) is 0 Å². The Bertz CT molecular complexity index is 828. The number of nitrogens with one attached hydrogen (secondary N) is 2. The number of nitrogens with zero attached hydrogens (tertiary/aromatic N) is 2. The van der Waals surface area contributed by atoms with Gasteiger partial charge in [0.05, 0.1) is 0 Å². The molecule has 0 unspecified atom stereocenters. The minimum atomic E-state index is -0.281. The Morgan fingerprint density at radius 3 is 2.18 bits per heavy atom. The Hall–Kier alpha value is -2.79. The van der Waals surface area contributed by atoms with Crippen LogP contribution in [0.25, 0.3) is 0 Å². The molecule has 0 aliphatic rings. The Balaban J connectivity index is 1.85. The van der Waals surface area contributed by atoms with E-state index in [1.165, 1.54) is 0 Å². The Kier molecular flexibility index (Phi) is 8.08. The Morgan fingerprint density at radius 2 is 1.61 bits per heavy atom. The van der Waals surface area contributed by atoms with E-state index in [2.05, 4.69) is 10.6 Å². The monoisotopic (exact) mass is 400 g/mol. The molecule has 28 heavy (non-hydrogen) atoms. The molecule has 7 heteroatoms. The van der Waals surface area contributed by atoms with Gasteiger partial charge in [-0.2, -0.15) is 0 Å². The molecule has 148 valence electrons. The molecule has 2 amide bonds. The molecule has 6 nitrogen and oxygen atoms in total. The van der Waals surface area contributed by atoms with Crippen molar-refractivity contribution in [1.82, 2.24) is 15.1 Å². The van der Waals surface area contributed by atoms with Crippen molar-refractivity contribution >= 4 is 29.3 Å². The zero-order chi connectivity index (χ0) is 20.5. The smallest absolute Gasteiger partial charge is 0.319 e. The van der Waals surface area contributed by atoms with Crippen LogP contribution in [0.1, 0.15) is 11.1 Å². The van der Waals surface area contributed by atoms with Gasteiger partial charge in [-0.25, -0.2) is 9.59 Å². The van der Waals surface area contributed by atoms with Crippen molar-refractivity contribution in [2.24, 2.45) is 0 Å². The van der Waals surface area contributed by atoms with Crippen LogP contribution in [0.15, 0.2) is 54.2 Å². The van der Waals surface area contributed by atoms with Gasteiger partial charge in [-0.1, -0.05) is 35.9 Å². The largest absolute Gasteiger partial charge is 0.364 e. The zero-order valence-electron chi connectivity index (χ0n) is 16.3. The van der Waals surface area contributed by atoms with E-state index < -0.39 is 0 Å². The highest BCUT2D eigenvalue weighted by molar-refractivity contribution is 6.30. The molecular formula is C21H25ClN4O2. The lowest BCUT2D eigenvalue weighted by Gasteiger charge is -2.22. The molecule has 0 aromatic heterocycles. The number of benzene rings is 2. The molecule has 2 rings (SSSR count). The average Bonchev–Trinajstić information content (AvgIpc) is 2.67. The highest BCUT2D eigenvalue weighted by Crippen LogP contribution is 2.13. The fourth-order valence-corrected chi connectivity index (χ4v) is 2.68. The van der Waals surface area contributed by atoms with Gasteiger partial charge in [0, 0.05) is 37.4 Å². The van der Waals surface area contributed by atoms with Gasteiger partial charge in [0.2, 0.25) is 0 Å². The number of rotatable bonds is 8. The second-order valence-corrected chi connectivity index (χ2v) is 7.21. The summed E-state index contributed by atoms with van der Waals surface area (Å²) in [5.41, 5.74) is 3.28. The van der Waals surface area contributed by atoms with Crippen molar-refractivity contribution in [3.05, 3.63) is 70.4 Å². The predicted octanol–water partition coefficient (Wildman–Crippen LogP) is 3.37. The van der Waals surface area contributed by atoms with Gasteiger partial charge < -0.3 is 20.4 Å². The standard InChI is InChI=1S/C21H25ClN4O2/c1-25(2)14-20(15-27)26(3)13-17-6-10-19(11-7-17)24-21(28)23-12-16-4-8-18(22)9-5-16/h4-11H,12-14H2,1-3H3,(H2,23,24,28). The summed E-state index contributed by atoms with van der Waals surface area (Å²) < 4.78 is 0. The number of hydrogen-bond donors (Lipinski definition) is 2. The molecule has 0 fully saturated rings. The van der Waals surface area contributed by atoms with Gasteiger partial charge in [-0.3, -0.25) is 0 Å². The normalized spacial score (nSPS) is 10.3. The van der Waals surface area contributed by atoms with Gasteiger partial charge in [0.1, 0.15) is 11.6 Å². The van der Waals surface area contributed by atoms with Gasteiger partial charge >= 0.3 is 6.03 Å². The first-order valence-corrected chi connectivity index (χ1v) is 9.23. The van der Waals surface area contributed by atoms with Crippen molar-refractivity contribution in [3.63, 3.8) is 0 Å². The second-order valence-electron chi connectivity index (χ2n) is 6.77. The van der Waals surface area contributed by atoms with E-state index in [-0.39, 0.29) is 6.03 Å². The molecule has 0 aliphatic heterocycles. The Labute approximate surface area is 170 Å². The van der Waals surface area contributed by atoms with Crippen molar-refractivity contribution in [2.45, 2.75) is 13.1 Å². The molecule has 2 aromatic rings. The predicted molar refractivity (Wildman–Crippen MR) is 113 cm³/mol. The van der Waals surface area contributed by atoms with Gasteiger partial charge in [0.15, 0.2) is 0 Å². The summed E-state index contributed by atoms with van der Waals surface area (Å²) in [7, 11) is 5.67. The van der Waals surface area contributed by atoms with Crippen molar-refractivity contribution in [2.75, 3.05) is 33.0 Å². The molecule has 2 N–H and O–H groups in total. The fourth-order valence-electron chi connectivity index (χ4n) is 2.55. The number of urea groups is 1. The zero-order valence-corrected chi connectivity index (χ0v) is 17.1. The van der Waals surface area contributed by atoms with E-state index in [4.69, 9.17) is 11.6 Å². The van der Waals surface area contributed by atoms with Crippen molar-refractivity contribution in [3.8, 4) is 0 Å². The molecule has 0 heterocycles. The van der Waals surface area contributed by atoms with E-state index in [9.17, 15) is 9.59 Å². The molecule has 0 radical (unpaired) electrons. The maximum Gasteiger partial charge on any atom is 0.319 e. The van der Waals surface area contributed by atoms with Gasteiger partial charge in [-0.15, -0.1) is 0 Å². The Morgan fingerprint density at radius 1 is 1.00 bits per heavy atom. The summed E-state index contributed by atoms with van der Waals surface area (Å²) in [4.78, 5) is 27.0. The first-order valence-electron chi connectivity index (χ1n) is 8.85. The molecule has 0 aliphatic carbocycles. The molecule has 0 saturated carbocycles. The summed E-state index contributed by atoms with van der Waals surface area (Å²) in [6.45, 7) is 1.54. The van der Waals surface area contributed by atoms with E-state index >= 15 is 0 Å². The summed E-state index contributed by atoms with van der Waals surface area (Å²) in [6.07, 6.45) is 0. The summed E-state index contributed by atoms with van der Waals surface area (Å²) >= 11 is 5.85. The van der Waals surface area contributed by atoms with Crippen LogP contribution in [0.4, 0.5) is 10.5 Å². The number of carbonyl (C=O) groups is 1. The number of hydrogen-bond acceptors (Lipinski definition) is 4. The first kappa shape index (κ1) is 21.5. The van der Waals surface area contributed by atoms with E-state index in [0.717, 1.165) is 11.1 Å². The lowest BCUT2D eigenvalue weighted by atomic mass is 10.2. The van der Waals surface area contributed by atoms with E-state index in [1.54, 1.807) is 12.1 Å². The van der Waals surface area contributed by atoms with Gasteiger partial charge in [0.25, 0.3) is 0 Å². The van der Waals surface area contributed by atoms with E-state index in [1.807, 2.05) is 73.3 Å². The maximum absolute atomic E-state index is 12.0. The number of likely N-dealkylation sites (N-methyl/N-ethyl adjacent to an activating group) is 2. The lowest BCUT2D eigenvalue weighted by molar-refractivity contribution is 0.251. The van der Waals surface area contributed by atoms with Crippen LogP contribution in [0, 0.1) is 0 Å². The van der Waals surface area contributed by atoms with Crippen molar-refractivity contribution < 1.29 is 9.59 Å². The van der Waals surface area contributed by atoms with Crippen LogP contribution in [-0.2, 0) is 17.9 Å². The summed E-state index contributed by atoms with van der Waals surface area (Å²) in [5, 5.41) is 6.27. The second kappa shape index (κ2) is 10.5. The minimum absolute atomic E-state index is 0.281. The number of amides is 2. The molecule has 0 bridgehead atoms. The summed E-state index contributed by atoms with van der Waals surface area (Å²) in [6, 6.07) is 14.5. The average molecular weight is 401 g/mol. The van der Waals surface area contributed by atoms with Crippen LogP contribution in [0.2, 0.25) is 5.02 Å². The minimum Gasteiger partial charge on any atom is -0.364 e. The quantitative estimate of drug-likeness (QED) is 0.667. The number of halogens is 1. The third-order valence-corrected chi connectivity index (χ3v) is 4.29. The van der Waals surface area contributed by atoms with E-state index in [0.29, 0.717) is 36.0 Å². The molecular weight excluding hydrogens is 376 g/mol. The van der Waals surface area contributed by atoms with Crippen LogP contribution in [0.5, 0.6) is 0 Å². The third-order valence-electron chi connectivity index (χ3n) is 4.04. The first-order chi connectivity index (χ1) is 13.4. The van der Waals surface area contributed by atoms with Crippen molar-refractivity contribution in [1.29, 1.82) is 0 Å². The van der Waals surface area contributed by atoms with Gasteiger partial charge in [-0.05, 0) is 49.5 Å². The molecule has 0 atom stereocenters. The van der Waals surface area contributed by atoms with Crippen LogP contribution >= 0.6 is 11.6 Å². The lowest BCUT2D eigenvalue weighted by Crippen LogP contribution is -2.28. The maximum atomic E-state index is 12.0. The molecule has 2 aromatic carbocycles. The number of carbonyl (C=O) groups excluding carboxylic acids is 2. The summed E-state index contributed by atoms with van der Waals surface area (Å²) in [5.74, 6) is 2.00. The fraction of sp³-hybridized carbons (Fsp3) is 0.286. The molecule has 0 spiro atoms. The number of anilines is 1. The van der Waals surface area contributed by atoms with Crippen LogP contribution < -0.4 is 10.6 Å². The SMILES string of the molecule is CN(C)CC(=C=O)N(C)Cc1ccc(NC(=O)NCc2ccc(Cl)cc2)cc1. The third kappa shape index (κ3) is 7.08. The highest BCUT2D eigenvalue weighted by atomic mass is 35.5. The highest BCUT2D eigenvalue weighted by Gasteiger charge is 2.08. The molecule has 0 saturated heterocycles. The topological polar surface area (TPSA) is 64.7 Å².